The van der Waals surface area contributed by atoms with Crippen molar-refractivity contribution in [3.8, 4) is 11.1 Å². The molecule has 2 rings (SSSR count). The summed E-state index contributed by atoms with van der Waals surface area (Å²) in [7, 11) is -4.33. The molecule has 1 amide bonds. The zero-order valence-corrected chi connectivity index (χ0v) is 14.9. The lowest BCUT2D eigenvalue weighted by atomic mass is 9.95. The molecule has 0 radical (unpaired) electrons. The standard InChI is InChI=1S/C18H19NO6S/c1-12-6-5-9-14(13-7-3-2-4-8-13)16(12)17(20)19-15(18(21)22)10-11-26(23,24)25/h2-9,15H,10-11H2,1H3,(H,19,20)(H,21,22)(H,23,24,25)/t15-/m0/s1. The Bertz CT molecular complexity index is 909. The fourth-order valence-corrected chi connectivity index (χ4v) is 3.12. The Balaban J connectivity index is 2.32. The first-order chi connectivity index (χ1) is 12.2. The average Bonchev–Trinajstić information content (AvgIpc) is 2.57. The number of hydrogen-bond acceptors (Lipinski definition) is 4. The molecule has 138 valence electrons. The summed E-state index contributed by atoms with van der Waals surface area (Å²) in [6, 6.07) is 13.0. The van der Waals surface area contributed by atoms with Crippen LogP contribution in [-0.4, -0.2) is 41.7 Å². The Hall–Kier alpha value is -2.71. The second-order valence-corrected chi connectivity index (χ2v) is 7.37. The molecule has 8 heteroatoms. The van der Waals surface area contributed by atoms with E-state index >= 15 is 0 Å². The Morgan fingerprint density at radius 2 is 1.73 bits per heavy atom. The zero-order valence-electron chi connectivity index (χ0n) is 14.0. The third kappa shape index (κ3) is 5.14. The summed E-state index contributed by atoms with van der Waals surface area (Å²) in [5.41, 5.74) is 2.41. The maximum absolute atomic E-state index is 12.7. The van der Waals surface area contributed by atoms with E-state index in [4.69, 9.17) is 4.55 Å². The SMILES string of the molecule is Cc1cccc(-c2ccccc2)c1C(=O)N[C@@H](CCS(=O)(=O)O)C(=O)O. The number of rotatable bonds is 7. The molecule has 26 heavy (non-hydrogen) atoms. The summed E-state index contributed by atoms with van der Waals surface area (Å²) in [4.78, 5) is 24.0. The third-order valence-electron chi connectivity index (χ3n) is 3.85. The maximum atomic E-state index is 12.7. The van der Waals surface area contributed by atoms with E-state index < -0.39 is 40.2 Å². The van der Waals surface area contributed by atoms with Crippen LogP contribution < -0.4 is 5.32 Å². The van der Waals surface area contributed by atoms with Gasteiger partial charge in [0.05, 0.1) is 11.3 Å². The van der Waals surface area contributed by atoms with Gasteiger partial charge < -0.3 is 10.4 Å². The van der Waals surface area contributed by atoms with E-state index in [1.165, 1.54) is 0 Å². The van der Waals surface area contributed by atoms with Gasteiger partial charge >= 0.3 is 5.97 Å². The van der Waals surface area contributed by atoms with Crippen LogP contribution >= 0.6 is 0 Å². The number of carboxylic acid groups (broad SMARTS) is 1. The van der Waals surface area contributed by atoms with Crippen LogP contribution in [0.25, 0.3) is 11.1 Å². The molecule has 7 nitrogen and oxygen atoms in total. The third-order valence-corrected chi connectivity index (χ3v) is 4.60. The van der Waals surface area contributed by atoms with Crippen molar-refractivity contribution in [1.29, 1.82) is 0 Å². The van der Waals surface area contributed by atoms with Crippen LogP contribution in [0, 0.1) is 6.92 Å². The quantitative estimate of drug-likeness (QED) is 0.636. The molecule has 2 aromatic rings. The summed E-state index contributed by atoms with van der Waals surface area (Å²) in [5.74, 6) is -2.76. The van der Waals surface area contributed by atoms with Crippen LogP contribution in [0.2, 0.25) is 0 Å². The molecule has 3 N–H and O–H groups in total. The van der Waals surface area contributed by atoms with Gasteiger partial charge in [-0.2, -0.15) is 8.42 Å². The van der Waals surface area contributed by atoms with Crippen molar-refractivity contribution in [3.05, 3.63) is 59.7 Å². The van der Waals surface area contributed by atoms with Gasteiger partial charge in [0.2, 0.25) is 0 Å². The molecule has 0 aliphatic heterocycles. The number of nitrogens with one attached hydrogen (secondary N) is 1. The highest BCUT2D eigenvalue weighted by Crippen LogP contribution is 2.26. The van der Waals surface area contributed by atoms with Crippen molar-refractivity contribution in [2.24, 2.45) is 0 Å². The first kappa shape index (κ1) is 19.6. The first-order valence-corrected chi connectivity index (χ1v) is 9.44. The van der Waals surface area contributed by atoms with Crippen molar-refractivity contribution in [2.45, 2.75) is 19.4 Å². The largest absolute Gasteiger partial charge is 0.480 e. The van der Waals surface area contributed by atoms with E-state index in [0.29, 0.717) is 16.7 Å². The van der Waals surface area contributed by atoms with Crippen LogP contribution in [0.15, 0.2) is 48.5 Å². The lowest BCUT2D eigenvalue weighted by Crippen LogP contribution is -2.42. The molecule has 0 aliphatic carbocycles. The number of amides is 1. The predicted molar refractivity (Wildman–Crippen MR) is 96.5 cm³/mol. The Morgan fingerprint density at radius 3 is 2.31 bits per heavy atom. The van der Waals surface area contributed by atoms with Gasteiger partial charge in [-0.1, -0.05) is 48.5 Å². The van der Waals surface area contributed by atoms with E-state index in [1.807, 2.05) is 30.3 Å². The highest BCUT2D eigenvalue weighted by molar-refractivity contribution is 7.85. The number of benzene rings is 2. The molecular weight excluding hydrogens is 358 g/mol. The zero-order chi connectivity index (χ0) is 19.3. The summed E-state index contributed by atoms with van der Waals surface area (Å²) in [6.07, 6.45) is -0.438. The van der Waals surface area contributed by atoms with E-state index in [-0.39, 0.29) is 0 Å². The molecule has 1 atom stereocenters. The fraction of sp³-hybridized carbons (Fsp3) is 0.222. The fourth-order valence-electron chi connectivity index (χ4n) is 2.58. The second kappa shape index (κ2) is 8.11. The number of aliphatic carboxylic acids is 1. The average molecular weight is 377 g/mol. The van der Waals surface area contributed by atoms with Gasteiger partial charge in [0.15, 0.2) is 0 Å². The van der Waals surface area contributed by atoms with E-state index in [9.17, 15) is 23.1 Å². The molecule has 0 saturated carbocycles. The van der Waals surface area contributed by atoms with Gasteiger partial charge in [-0.05, 0) is 30.0 Å². The van der Waals surface area contributed by atoms with Crippen LogP contribution in [0.5, 0.6) is 0 Å². The normalized spacial score (nSPS) is 12.4. The van der Waals surface area contributed by atoms with E-state index in [1.54, 1.807) is 25.1 Å². The van der Waals surface area contributed by atoms with Gasteiger partial charge in [-0.25, -0.2) is 4.79 Å². The number of aryl methyl sites for hydroxylation is 1. The van der Waals surface area contributed by atoms with Crippen molar-refractivity contribution in [1.82, 2.24) is 5.32 Å². The monoisotopic (exact) mass is 377 g/mol. The van der Waals surface area contributed by atoms with Crippen molar-refractivity contribution < 1.29 is 27.7 Å². The second-order valence-electron chi connectivity index (χ2n) is 5.80. The number of carbonyl (C=O) groups is 2. The molecule has 0 spiro atoms. The van der Waals surface area contributed by atoms with Gasteiger partial charge in [0.25, 0.3) is 16.0 Å². The van der Waals surface area contributed by atoms with Crippen molar-refractivity contribution in [2.75, 3.05) is 5.75 Å². The number of carboxylic acids is 1. The van der Waals surface area contributed by atoms with Crippen LogP contribution in [0.4, 0.5) is 0 Å². The molecule has 0 fully saturated rings. The van der Waals surface area contributed by atoms with E-state index in [0.717, 1.165) is 5.56 Å². The highest BCUT2D eigenvalue weighted by Gasteiger charge is 2.25. The van der Waals surface area contributed by atoms with E-state index in [2.05, 4.69) is 5.32 Å². The summed E-state index contributed by atoms with van der Waals surface area (Å²) in [6.45, 7) is 1.73. The molecule has 0 saturated heterocycles. The molecule has 0 heterocycles. The number of hydrogen-bond donors (Lipinski definition) is 3. The van der Waals surface area contributed by atoms with Crippen molar-refractivity contribution in [3.63, 3.8) is 0 Å². The molecule has 0 unspecified atom stereocenters. The maximum Gasteiger partial charge on any atom is 0.326 e. The Morgan fingerprint density at radius 1 is 1.08 bits per heavy atom. The summed E-state index contributed by atoms with van der Waals surface area (Å²) in [5, 5.41) is 11.6. The topological polar surface area (TPSA) is 121 Å². The van der Waals surface area contributed by atoms with Crippen LogP contribution in [0.1, 0.15) is 22.3 Å². The lowest BCUT2D eigenvalue weighted by Gasteiger charge is -2.17. The van der Waals surface area contributed by atoms with Crippen molar-refractivity contribution >= 4 is 22.0 Å². The lowest BCUT2D eigenvalue weighted by molar-refractivity contribution is -0.139. The molecule has 0 aliphatic rings. The Labute approximate surface area is 151 Å². The molecular formula is C18H19NO6S. The minimum atomic E-state index is -4.33. The summed E-state index contributed by atoms with van der Waals surface area (Å²) >= 11 is 0. The molecule has 0 bridgehead atoms. The first-order valence-electron chi connectivity index (χ1n) is 7.83. The molecule has 2 aromatic carbocycles. The van der Waals surface area contributed by atoms with Gasteiger partial charge in [0.1, 0.15) is 6.04 Å². The van der Waals surface area contributed by atoms with Gasteiger partial charge in [-0.15, -0.1) is 0 Å². The van der Waals surface area contributed by atoms with Gasteiger partial charge in [-0.3, -0.25) is 9.35 Å². The predicted octanol–water partition coefficient (Wildman–Crippen LogP) is 2.12. The van der Waals surface area contributed by atoms with Gasteiger partial charge in [0, 0.05) is 0 Å². The highest BCUT2D eigenvalue weighted by atomic mass is 32.2. The smallest absolute Gasteiger partial charge is 0.326 e. The summed E-state index contributed by atoms with van der Waals surface area (Å²) < 4.78 is 30.5. The van der Waals surface area contributed by atoms with Crippen LogP contribution in [0.3, 0.4) is 0 Å². The minimum Gasteiger partial charge on any atom is -0.480 e. The number of carbonyl (C=O) groups excluding carboxylic acids is 1. The molecule has 0 aromatic heterocycles. The minimum absolute atomic E-state index is 0.316. The van der Waals surface area contributed by atoms with Crippen LogP contribution in [-0.2, 0) is 14.9 Å². The Kier molecular flexibility index (Phi) is 6.12.